The van der Waals surface area contributed by atoms with Gasteiger partial charge in [-0.15, -0.1) is 0 Å². The smallest absolute Gasteiger partial charge is 0.331 e. The molecule has 0 atom stereocenters. The molecule has 1 saturated heterocycles. The van der Waals surface area contributed by atoms with Crippen LogP contribution in [0.2, 0.25) is 0 Å². The summed E-state index contributed by atoms with van der Waals surface area (Å²) in [5.74, 6) is -0.245. The molecular weight excluding hydrogens is 519 g/mol. The molecule has 1 aliphatic heterocycles. The average Bonchev–Trinajstić information content (AvgIpc) is 2.76. The molecule has 4 rings (SSSR count). The molecule has 7 nitrogen and oxygen atoms in total. The van der Waals surface area contributed by atoms with Gasteiger partial charge >= 0.3 is 5.69 Å². The average molecular weight is 552 g/mol. The maximum Gasteiger partial charge on any atom is 0.331 e. The molecule has 1 aromatic carbocycles. The molecule has 2 heterocycles. The lowest BCUT2D eigenvalue weighted by Gasteiger charge is -2.39. The van der Waals surface area contributed by atoms with Crippen molar-refractivity contribution in [2.75, 3.05) is 20.1 Å². The van der Waals surface area contributed by atoms with Gasteiger partial charge in [-0.25, -0.2) is 4.79 Å². The molecule has 0 unspecified atom stereocenters. The van der Waals surface area contributed by atoms with Crippen molar-refractivity contribution in [2.45, 2.75) is 63.6 Å². The third-order valence-corrected chi connectivity index (χ3v) is 6.92. The van der Waals surface area contributed by atoms with E-state index in [9.17, 15) is 14.7 Å². The van der Waals surface area contributed by atoms with Gasteiger partial charge in [-0.3, -0.25) is 19.3 Å². The van der Waals surface area contributed by atoms with Crippen molar-refractivity contribution in [3.05, 3.63) is 62.3 Å². The SMILES string of the molecule is C[N+]1(Cc2ccccc2)CCC(N=Cc2c(O)n(C3CCCCC3)c(=O)[nH]c2=O)CC1.[I-]. The fourth-order valence-electron chi connectivity index (χ4n) is 5.04. The number of likely N-dealkylation sites (tertiary alicyclic amines) is 1. The first-order valence-corrected chi connectivity index (χ1v) is 11.4. The van der Waals surface area contributed by atoms with Crippen LogP contribution in [0.25, 0.3) is 0 Å². The fourth-order valence-corrected chi connectivity index (χ4v) is 5.04. The predicted octanol–water partition coefficient (Wildman–Crippen LogP) is -0.0205. The summed E-state index contributed by atoms with van der Waals surface area (Å²) in [7, 11) is 2.28. The van der Waals surface area contributed by atoms with Gasteiger partial charge in [0.05, 0.1) is 26.2 Å². The Bertz CT molecular complexity index is 1030. The molecule has 2 N–H and O–H groups in total. The number of hydrogen-bond acceptors (Lipinski definition) is 4. The Labute approximate surface area is 205 Å². The van der Waals surface area contributed by atoms with Gasteiger partial charge in [-0.05, 0) is 12.8 Å². The zero-order valence-corrected chi connectivity index (χ0v) is 20.8. The second-order valence-corrected chi connectivity index (χ2v) is 9.38. The number of H-pyrrole nitrogens is 1. The van der Waals surface area contributed by atoms with Crippen LogP contribution in [0.15, 0.2) is 44.9 Å². The monoisotopic (exact) mass is 552 g/mol. The summed E-state index contributed by atoms with van der Waals surface area (Å²) >= 11 is 0. The first kappa shape index (κ1) is 24.7. The normalized spacial score (nSPS) is 24.3. The maximum atomic E-state index is 12.4. The molecule has 1 saturated carbocycles. The first-order valence-electron chi connectivity index (χ1n) is 11.4. The molecule has 2 fully saturated rings. The lowest BCUT2D eigenvalue weighted by Crippen LogP contribution is -3.00. The number of quaternary nitrogens is 1. The number of rotatable bonds is 5. The summed E-state index contributed by atoms with van der Waals surface area (Å²) in [4.78, 5) is 31.7. The lowest BCUT2D eigenvalue weighted by atomic mass is 9.95. The summed E-state index contributed by atoms with van der Waals surface area (Å²) in [6, 6.07) is 10.6. The standard InChI is InChI=1S/C24H32N4O3.HI/c1-28(17-18-8-4-2-5-9-18)14-12-19(13-15-28)25-16-21-22(29)26-24(31)27(23(21)30)20-10-6-3-7-11-20;/h2,4-5,8-9,16,19-20H,3,6-7,10-15,17H2,1H3,(H-,25,26,29,30,31);1H. The van der Waals surface area contributed by atoms with Gasteiger partial charge in [0.15, 0.2) is 0 Å². The molecule has 1 aromatic heterocycles. The van der Waals surface area contributed by atoms with Crippen LogP contribution in [0.3, 0.4) is 0 Å². The summed E-state index contributed by atoms with van der Waals surface area (Å²) in [6.07, 6.45) is 8.23. The van der Waals surface area contributed by atoms with E-state index < -0.39 is 11.2 Å². The van der Waals surface area contributed by atoms with Crippen molar-refractivity contribution in [1.29, 1.82) is 0 Å². The lowest BCUT2D eigenvalue weighted by molar-refractivity contribution is -0.927. The molecular formula is C24H33IN4O3. The van der Waals surface area contributed by atoms with Gasteiger partial charge in [-0.2, -0.15) is 0 Å². The Hall–Kier alpha value is -1.94. The van der Waals surface area contributed by atoms with Crippen molar-refractivity contribution in [1.82, 2.24) is 9.55 Å². The van der Waals surface area contributed by atoms with E-state index in [1.54, 1.807) is 0 Å². The number of hydrogen-bond donors (Lipinski definition) is 2. The van der Waals surface area contributed by atoms with Crippen molar-refractivity contribution in [3.8, 4) is 5.88 Å². The zero-order chi connectivity index (χ0) is 21.8. The van der Waals surface area contributed by atoms with E-state index in [1.807, 2.05) is 6.07 Å². The van der Waals surface area contributed by atoms with E-state index in [1.165, 1.54) is 16.3 Å². The van der Waals surface area contributed by atoms with E-state index in [0.717, 1.165) is 69.1 Å². The van der Waals surface area contributed by atoms with E-state index in [2.05, 4.69) is 41.3 Å². The first-order chi connectivity index (χ1) is 15.0. The summed E-state index contributed by atoms with van der Waals surface area (Å²) in [5, 5.41) is 10.7. The minimum absolute atomic E-state index is 0. The summed E-state index contributed by atoms with van der Waals surface area (Å²) in [6.45, 7) is 3.03. The van der Waals surface area contributed by atoms with Gasteiger partial charge in [0.1, 0.15) is 12.1 Å². The highest BCUT2D eigenvalue weighted by Crippen LogP contribution is 2.30. The number of nitrogens with zero attached hydrogens (tertiary/aromatic N) is 3. The Balaban J connectivity index is 0.00000289. The highest BCUT2D eigenvalue weighted by Gasteiger charge is 2.30. The third kappa shape index (κ3) is 5.70. The van der Waals surface area contributed by atoms with Crippen molar-refractivity contribution in [3.63, 3.8) is 0 Å². The largest absolute Gasteiger partial charge is 1.00 e. The zero-order valence-electron chi connectivity index (χ0n) is 18.7. The summed E-state index contributed by atoms with van der Waals surface area (Å²) < 4.78 is 2.34. The Morgan fingerprint density at radius 2 is 1.75 bits per heavy atom. The summed E-state index contributed by atoms with van der Waals surface area (Å²) in [5.41, 5.74) is 0.336. The van der Waals surface area contributed by atoms with E-state index in [-0.39, 0.29) is 47.5 Å². The third-order valence-electron chi connectivity index (χ3n) is 6.92. The van der Waals surface area contributed by atoms with E-state index >= 15 is 0 Å². The van der Waals surface area contributed by atoms with Crippen LogP contribution in [0, 0.1) is 0 Å². The number of halogens is 1. The molecule has 0 amide bonds. The van der Waals surface area contributed by atoms with Crippen LogP contribution in [-0.2, 0) is 6.54 Å². The number of aromatic nitrogens is 2. The van der Waals surface area contributed by atoms with Crippen LogP contribution < -0.4 is 35.2 Å². The number of nitrogens with one attached hydrogen (secondary N) is 1. The van der Waals surface area contributed by atoms with Crippen LogP contribution >= 0.6 is 0 Å². The predicted molar refractivity (Wildman–Crippen MR) is 122 cm³/mol. The molecule has 32 heavy (non-hydrogen) atoms. The Kier molecular flexibility index (Phi) is 8.32. The van der Waals surface area contributed by atoms with Crippen LogP contribution in [0.4, 0.5) is 0 Å². The van der Waals surface area contributed by atoms with Crippen molar-refractivity contribution >= 4 is 6.21 Å². The van der Waals surface area contributed by atoms with Crippen molar-refractivity contribution < 1.29 is 33.6 Å². The second kappa shape index (κ2) is 10.8. The molecule has 8 heteroatoms. The second-order valence-electron chi connectivity index (χ2n) is 9.38. The Morgan fingerprint density at radius 1 is 1.09 bits per heavy atom. The molecule has 1 aliphatic carbocycles. The van der Waals surface area contributed by atoms with Gasteiger partial charge < -0.3 is 33.6 Å². The molecule has 0 bridgehead atoms. The number of aliphatic imine (C=N–C) groups is 1. The van der Waals surface area contributed by atoms with E-state index in [4.69, 9.17) is 0 Å². The number of aromatic amines is 1. The van der Waals surface area contributed by atoms with Crippen LogP contribution in [-0.4, -0.2) is 51.5 Å². The molecule has 2 aliphatic rings. The van der Waals surface area contributed by atoms with E-state index in [0.29, 0.717) is 0 Å². The van der Waals surface area contributed by atoms with Gasteiger partial charge in [0, 0.05) is 30.7 Å². The number of piperidine rings is 1. The minimum atomic E-state index is -0.571. The highest BCUT2D eigenvalue weighted by molar-refractivity contribution is 5.82. The van der Waals surface area contributed by atoms with Crippen molar-refractivity contribution in [2.24, 2.45) is 4.99 Å². The fraction of sp³-hybridized carbons (Fsp3) is 0.542. The molecule has 2 aromatic rings. The molecule has 0 radical (unpaired) electrons. The molecule has 174 valence electrons. The topological polar surface area (TPSA) is 87.4 Å². The molecule has 0 spiro atoms. The van der Waals surface area contributed by atoms with Gasteiger partial charge in [-0.1, -0.05) is 49.6 Å². The minimum Gasteiger partial charge on any atom is -1.00 e. The highest BCUT2D eigenvalue weighted by atomic mass is 127. The number of aromatic hydroxyl groups is 1. The van der Waals surface area contributed by atoms with Gasteiger partial charge in [0.2, 0.25) is 5.88 Å². The quantitative estimate of drug-likeness (QED) is 0.311. The van der Waals surface area contributed by atoms with Crippen LogP contribution in [0.5, 0.6) is 5.88 Å². The Morgan fingerprint density at radius 3 is 2.41 bits per heavy atom. The van der Waals surface area contributed by atoms with Crippen LogP contribution in [0.1, 0.15) is 62.1 Å². The maximum absolute atomic E-state index is 12.4. The number of benzene rings is 1. The van der Waals surface area contributed by atoms with Gasteiger partial charge in [0.25, 0.3) is 5.56 Å².